The van der Waals surface area contributed by atoms with E-state index in [0.717, 1.165) is 0 Å². The van der Waals surface area contributed by atoms with Gasteiger partial charge >= 0.3 is 6.09 Å². The van der Waals surface area contributed by atoms with Gasteiger partial charge in [-0.1, -0.05) is 0 Å². The average molecular weight is 253 g/mol. The number of aromatic nitrogens is 3. The summed E-state index contributed by atoms with van der Waals surface area (Å²) in [5, 5.41) is 3.98. The van der Waals surface area contributed by atoms with E-state index in [1.54, 1.807) is 16.6 Å². The van der Waals surface area contributed by atoms with E-state index in [0.29, 0.717) is 18.9 Å². The molecule has 0 bridgehead atoms. The van der Waals surface area contributed by atoms with Crippen molar-refractivity contribution in [3.8, 4) is 0 Å². The summed E-state index contributed by atoms with van der Waals surface area (Å²) in [6, 6.07) is 0. The van der Waals surface area contributed by atoms with Gasteiger partial charge < -0.3 is 15.4 Å². The standard InChI is InChI=1S/C11H19N5O2/c1-10(2,3)18-9(17)16-5-11(12,6-16)8-13-7-14-15(8)4/h7H,5-6,12H2,1-4H3. The molecule has 0 aliphatic carbocycles. The first-order valence-electron chi connectivity index (χ1n) is 5.83. The van der Waals surface area contributed by atoms with Crippen LogP contribution in [0.1, 0.15) is 26.6 Å². The number of hydrogen-bond acceptors (Lipinski definition) is 5. The van der Waals surface area contributed by atoms with E-state index in [1.807, 2.05) is 20.8 Å². The number of nitrogens with two attached hydrogens (primary N) is 1. The van der Waals surface area contributed by atoms with Crippen molar-refractivity contribution in [3.63, 3.8) is 0 Å². The molecule has 0 atom stereocenters. The van der Waals surface area contributed by atoms with E-state index in [9.17, 15) is 4.79 Å². The van der Waals surface area contributed by atoms with Crippen LogP contribution in [0, 0.1) is 0 Å². The van der Waals surface area contributed by atoms with E-state index in [4.69, 9.17) is 10.5 Å². The van der Waals surface area contributed by atoms with Gasteiger partial charge in [-0.3, -0.25) is 4.68 Å². The van der Waals surface area contributed by atoms with Crippen LogP contribution < -0.4 is 5.73 Å². The van der Waals surface area contributed by atoms with Crippen LogP contribution >= 0.6 is 0 Å². The van der Waals surface area contributed by atoms with Crippen molar-refractivity contribution in [1.29, 1.82) is 0 Å². The van der Waals surface area contributed by atoms with Crippen LogP contribution in [0.5, 0.6) is 0 Å². The molecule has 2 heterocycles. The van der Waals surface area contributed by atoms with Gasteiger partial charge in [0.25, 0.3) is 0 Å². The molecule has 1 aromatic heterocycles. The Kier molecular flexibility index (Phi) is 2.81. The minimum atomic E-state index is -0.623. The Morgan fingerprint density at radius 2 is 2.11 bits per heavy atom. The summed E-state index contributed by atoms with van der Waals surface area (Å²) >= 11 is 0. The summed E-state index contributed by atoms with van der Waals surface area (Å²) in [7, 11) is 1.78. The van der Waals surface area contributed by atoms with Crippen molar-refractivity contribution < 1.29 is 9.53 Å². The van der Waals surface area contributed by atoms with Crippen molar-refractivity contribution in [1.82, 2.24) is 19.7 Å². The lowest BCUT2D eigenvalue weighted by atomic mass is 9.90. The highest BCUT2D eigenvalue weighted by molar-refractivity contribution is 5.69. The van der Waals surface area contributed by atoms with E-state index < -0.39 is 11.1 Å². The predicted octanol–water partition coefficient (Wildman–Crippen LogP) is 0.220. The number of aryl methyl sites for hydroxylation is 1. The van der Waals surface area contributed by atoms with E-state index >= 15 is 0 Å². The smallest absolute Gasteiger partial charge is 0.410 e. The molecule has 1 aliphatic rings. The molecule has 1 saturated heterocycles. The summed E-state index contributed by atoms with van der Waals surface area (Å²) in [6.07, 6.45) is 1.12. The normalized spacial score (nSPS) is 18.4. The van der Waals surface area contributed by atoms with Crippen LogP contribution in [0.3, 0.4) is 0 Å². The van der Waals surface area contributed by atoms with Crippen molar-refractivity contribution >= 4 is 6.09 Å². The second kappa shape index (κ2) is 3.94. The first-order chi connectivity index (χ1) is 8.21. The van der Waals surface area contributed by atoms with Crippen molar-refractivity contribution in [2.75, 3.05) is 13.1 Å². The quantitative estimate of drug-likeness (QED) is 0.773. The zero-order chi connectivity index (χ0) is 13.6. The van der Waals surface area contributed by atoms with Crippen molar-refractivity contribution in [2.45, 2.75) is 31.9 Å². The molecule has 0 radical (unpaired) electrons. The van der Waals surface area contributed by atoms with Gasteiger partial charge in [-0.05, 0) is 20.8 Å². The molecular formula is C11H19N5O2. The fourth-order valence-electron chi connectivity index (χ4n) is 1.98. The lowest BCUT2D eigenvalue weighted by molar-refractivity contribution is -0.0112. The molecule has 0 unspecified atom stereocenters. The van der Waals surface area contributed by atoms with Gasteiger partial charge in [0.15, 0.2) is 0 Å². The monoisotopic (exact) mass is 253 g/mol. The number of hydrogen-bond donors (Lipinski definition) is 1. The highest BCUT2D eigenvalue weighted by atomic mass is 16.6. The largest absolute Gasteiger partial charge is 0.444 e. The van der Waals surface area contributed by atoms with E-state index in [1.165, 1.54) is 6.33 Å². The molecule has 2 rings (SSSR count). The molecule has 1 amide bonds. The Morgan fingerprint density at radius 3 is 2.56 bits per heavy atom. The summed E-state index contributed by atoms with van der Waals surface area (Å²) in [4.78, 5) is 17.5. The Labute approximate surface area is 106 Å². The average Bonchev–Trinajstić information content (AvgIpc) is 2.57. The molecule has 1 aliphatic heterocycles. The third kappa shape index (κ3) is 2.31. The van der Waals surface area contributed by atoms with Crippen LogP contribution in [0.4, 0.5) is 4.79 Å². The van der Waals surface area contributed by atoms with Crippen molar-refractivity contribution in [3.05, 3.63) is 12.2 Å². The Bertz CT molecular complexity index is 456. The van der Waals surface area contributed by atoms with Gasteiger partial charge in [-0.2, -0.15) is 5.10 Å². The SMILES string of the molecule is Cn1ncnc1C1(N)CN(C(=O)OC(C)(C)C)C1. The maximum atomic E-state index is 11.8. The number of ether oxygens (including phenoxy) is 1. The molecule has 0 saturated carbocycles. The first kappa shape index (κ1) is 12.8. The summed E-state index contributed by atoms with van der Waals surface area (Å²) in [5.41, 5.74) is 5.07. The molecule has 2 N–H and O–H groups in total. The summed E-state index contributed by atoms with van der Waals surface area (Å²) in [5.74, 6) is 0.683. The highest BCUT2D eigenvalue weighted by Crippen LogP contribution is 2.28. The maximum absolute atomic E-state index is 11.8. The van der Waals surface area contributed by atoms with Crippen LogP contribution in [-0.2, 0) is 17.3 Å². The van der Waals surface area contributed by atoms with E-state index in [2.05, 4.69) is 10.1 Å². The first-order valence-corrected chi connectivity index (χ1v) is 5.83. The molecule has 1 aromatic rings. The minimum Gasteiger partial charge on any atom is -0.444 e. The van der Waals surface area contributed by atoms with Gasteiger partial charge in [-0.15, -0.1) is 0 Å². The highest BCUT2D eigenvalue weighted by Gasteiger charge is 2.47. The van der Waals surface area contributed by atoms with Gasteiger partial charge in [0.1, 0.15) is 23.3 Å². The van der Waals surface area contributed by atoms with Crippen LogP contribution in [0.15, 0.2) is 6.33 Å². The molecule has 100 valence electrons. The maximum Gasteiger partial charge on any atom is 0.410 e. The Morgan fingerprint density at radius 1 is 1.50 bits per heavy atom. The number of carbonyl (C=O) groups is 1. The number of nitrogens with zero attached hydrogens (tertiary/aromatic N) is 4. The molecule has 18 heavy (non-hydrogen) atoms. The molecule has 7 nitrogen and oxygen atoms in total. The second-order valence-corrected chi connectivity index (χ2v) is 5.70. The number of rotatable bonds is 1. The van der Waals surface area contributed by atoms with Gasteiger partial charge in [-0.25, -0.2) is 9.78 Å². The summed E-state index contributed by atoms with van der Waals surface area (Å²) in [6.45, 7) is 6.30. The number of amides is 1. The molecule has 1 fully saturated rings. The Balaban J connectivity index is 1.98. The van der Waals surface area contributed by atoms with Gasteiger partial charge in [0.2, 0.25) is 0 Å². The minimum absolute atomic E-state index is 0.342. The fraction of sp³-hybridized carbons (Fsp3) is 0.727. The molecular weight excluding hydrogens is 234 g/mol. The summed E-state index contributed by atoms with van der Waals surface area (Å²) < 4.78 is 6.90. The molecule has 0 spiro atoms. The molecule has 0 aromatic carbocycles. The third-order valence-electron chi connectivity index (χ3n) is 2.75. The number of likely N-dealkylation sites (tertiary alicyclic amines) is 1. The van der Waals surface area contributed by atoms with E-state index in [-0.39, 0.29) is 6.09 Å². The van der Waals surface area contributed by atoms with Gasteiger partial charge in [0, 0.05) is 7.05 Å². The van der Waals surface area contributed by atoms with Crippen LogP contribution in [-0.4, -0.2) is 44.4 Å². The lowest BCUT2D eigenvalue weighted by Crippen LogP contribution is -2.67. The topological polar surface area (TPSA) is 86.3 Å². The number of carbonyl (C=O) groups excluding carboxylic acids is 1. The third-order valence-corrected chi connectivity index (χ3v) is 2.75. The predicted molar refractivity (Wildman–Crippen MR) is 64.7 cm³/mol. The lowest BCUT2D eigenvalue weighted by Gasteiger charge is -2.46. The zero-order valence-corrected chi connectivity index (χ0v) is 11.2. The zero-order valence-electron chi connectivity index (χ0n) is 11.2. The van der Waals surface area contributed by atoms with Crippen LogP contribution in [0.25, 0.3) is 0 Å². The van der Waals surface area contributed by atoms with Gasteiger partial charge in [0.05, 0.1) is 13.1 Å². The molecule has 7 heteroatoms. The van der Waals surface area contributed by atoms with Crippen molar-refractivity contribution in [2.24, 2.45) is 12.8 Å². The fourth-order valence-corrected chi connectivity index (χ4v) is 1.98. The van der Waals surface area contributed by atoms with Crippen LogP contribution in [0.2, 0.25) is 0 Å². The second-order valence-electron chi connectivity index (χ2n) is 5.70. The Hall–Kier alpha value is -1.63.